The van der Waals surface area contributed by atoms with Crippen LogP contribution in [0.2, 0.25) is 0 Å². The number of pyridine rings is 1. The lowest BCUT2D eigenvalue weighted by Gasteiger charge is -2.18. The minimum atomic E-state index is 0.0383. The predicted octanol–water partition coefficient (Wildman–Crippen LogP) is 4.46. The summed E-state index contributed by atoms with van der Waals surface area (Å²) < 4.78 is 1.82. The number of aryl methyl sites for hydroxylation is 2. The van der Waals surface area contributed by atoms with Crippen LogP contribution in [0.1, 0.15) is 42.1 Å². The molecule has 4 heterocycles. The first-order valence-electron chi connectivity index (χ1n) is 11.1. The van der Waals surface area contributed by atoms with E-state index in [0.717, 1.165) is 39.2 Å². The molecule has 1 aliphatic heterocycles. The second-order valence-corrected chi connectivity index (χ2v) is 8.82. The number of hydrogen-bond acceptors (Lipinski definition) is 5. The van der Waals surface area contributed by atoms with Gasteiger partial charge in [0.2, 0.25) is 5.91 Å². The Labute approximate surface area is 193 Å². The average Bonchev–Trinajstić information content (AvgIpc) is 3.31. The van der Waals surface area contributed by atoms with Gasteiger partial charge in [-0.15, -0.1) is 0 Å². The number of benzene rings is 1. The monoisotopic (exact) mass is 438 g/mol. The highest BCUT2D eigenvalue weighted by atomic mass is 16.2. The molecule has 1 amide bonds. The molecule has 0 N–H and O–H groups in total. The molecule has 0 aliphatic carbocycles. The molecule has 1 aliphatic rings. The van der Waals surface area contributed by atoms with Gasteiger partial charge in [0.1, 0.15) is 5.82 Å². The average molecular weight is 439 g/mol. The van der Waals surface area contributed by atoms with Crippen LogP contribution >= 0.6 is 0 Å². The van der Waals surface area contributed by atoms with Gasteiger partial charge in [-0.2, -0.15) is 5.10 Å². The van der Waals surface area contributed by atoms with Crippen molar-refractivity contribution in [2.75, 3.05) is 4.90 Å². The fourth-order valence-electron chi connectivity index (χ4n) is 4.34. The van der Waals surface area contributed by atoms with E-state index in [2.05, 4.69) is 60.1 Å². The quantitative estimate of drug-likeness (QED) is 0.460. The zero-order valence-corrected chi connectivity index (χ0v) is 19.3. The summed E-state index contributed by atoms with van der Waals surface area (Å²) in [6.07, 6.45) is 5.90. The smallest absolute Gasteiger partial charge is 0.233 e. The van der Waals surface area contributed by atoms with Crippen molar-refractivity contribution < 1.29 is 4.79 Å². The van der Waals surface area contributed by atoms with E-state index < -0.39 is 0 Å². The van der Waals surface area contributed by atoms with Crippen molar-refractivity contribution in [2.24, 2.45) is 7.05 Å². The number of nitrogens with zero attached hydrogens (tertiary/aromatic N) is 6. The number of amides is 1. The standard InChI is InChI=1S/C26H26N6O/c1-16(2)23-21(6-5-11-27-23)25-28-13-20-12-22(33)32(26(20)29-25)15-18-7-9-19(10-8-18)24-17(3)14-31(4)30-24/h5-11,13-14,16H,12,15H2,1-4H3. The van der Waals surface area contributed by atoms with Gasteiger partial charge in [-0.05, 0) is 36.1 Å². The molecular formula is C26H26N6O. The summed E-state index contributed by atoms with van der Waals surface area (Å²) in [6, 6.07) is 12.1. The molecule has 5 rings (SSSR count). The minimum Gasteiger partial charge on any atom is -0.292 e. The van der Waals surface area contributed by atoms with Crippen molar-refractivity contribution >= 4 is 11.7 Å². The van der Waals surface area contributed by atoms with Crippen molar-refractivity contribution in [3.63, 3.8) is 0 Å². The molecular weight excluding hydrogens is 412 g/mol. The van der Waals surface area contributed by atoms with E-state index in [4.69, 9.17) is 4.98 Å². The molecule has 166 valence electrons. The first kappa shape index (κ1) is 21.0. The Morgan fingerprint density at radius 1 is 1.09 bits per heavy atom. The fraction of sp³-hybridized carbons (Fsp3) is 0.269. The topological polar surface area (TPSA) is 76.8 Å². The van der Waals surface area contributed by atoms with Crippen LogP contribution in [0.4, 0.5) is 5.82 Å². The molecule has 0 radical (unpaired) electrons. The Morgan fingerprint density at radius 3 is 2.58 bits per heavy atom. The number of hydrogen-bond donors (Lipinski definition) is 0. The highest BCUT2D eigenvalue weighted by Gasteiger charge is 2.30. The third-order valence-corrected chi connectivity index (χ3v) is 5.95. The minimum absolute atomic E-state index is 0.0383. The van der Waals surface area contributed by atoms with Gasteiger partial charge in [-0.3, -0.25) is 19.4 Å². The van der Waals surface area contributed by atoms with Crippen LogP contribution in [-0.4, -0.2) is 30.6 Å². The van der Waals surface area contributed by atoms with Gasteiger partial charge >= 0.3 is 0 Å². The van der Waals surface area contributed by atoms with E-state index in [0.29, 0.717) is 24.6 Å². The molecule has 3 aromatic heterocycles. The molecule has 0 spiro atoms. The zero-order chi connectivity index (χ0) is 23.1. The van der Waals surface area contributed by atoms with E-state index in [9.17, 15) is 4.79 Å². The van der Waals surface area contributed by atoms with Crippen molar-refractivity contribution in [1.82, 2.24) is 24.7 Å². The normalized spacial score (nSPS) is 13.1. The lowest BCUT2D eigenvalue weighted by Crippen LogP contribution is -2.26. The largest absolute Gasteiger partial charge is 0.292 e. The molecule has 33 heavy (non-hydrogen) atoms. The van der Waals surface area contributed by atoms with E-state index in [1.807, 2.05) is 30.1 Å². The van der Waals surface area contributed by atoms with Crippen LogP contribution in [0.25, 0.3) is 22.6 Å². The van der Waals surface area contributed by atoms with Crippen LogP contribution in [0.15, 0.2) is 55.0 Å². The summed E-state index contributed by atoms with van der Waals surface area (Å²) >= 11 is 0. The van der Waals surface area contributed by atoms with Crippen LogP contribution in [-0.2, 0) is 24.8 Å². The van der Waals surface area contributed by atoms with E-state index in [1.165, 1.54) is 0 Å². The van der Waals surface area contributed by atoms with Gasteiger partial charge in [-0.1, -0.05) is 38.1 Å². The molecule has 4 aromatic rings. The van der Waals surface area contributed by atoms with Gasteiger partial charge in [0.05, 0.1) is 24.4 Å². The maximum atomic E-state index is 12.8. The number of aromatic nitrogens is 5. The third kappa shape index (κ3) is 3.91. The van der Waals surface area contributed by atoms with Crippen LogP contribution in [0, 0.1) is 6.92 Å². The first-order chi connectivity index (χ1) is 15.9. The number of fused-ring (bicyclic) bond motifs is 1. The number of carbonyl (C=O) groups excluding carboxylic acids is 1. The maximum absolute atomic E-state index is 12.8. The first-order valence-corrected chi connectivity index (χ1v) is 11.1. The van der Waals surface area contributed by atoms with E-state index >= 15 is 0 Å². The summed E-state index contributed by atoms with van der Waals surface area (Å²) in [5.74, 6) is 1.58. The summed E-state index contributed by atoms with van der Waals surface area (Å²) in [5, 5.41) is 4.54. The Balaban J connectivity index is 1.44. The Kier molecular flexibility index (Phi) is 5.24. The Morgan fingerprint density at radius 2 is 1.88 bits per heavy atom. The highest BCUT2D eigenvalue weighted by molar-refractivity contribution is 6.00. The molecule has 0 fully saturated rings. The second kappa shape index (κ2) is 8.24. The second-order valence-electron chi connectivity index (χ2n) is 8.82. The molecule has 1 aromatic carbocycles. The SMILES string of the molecule is Cc1cn(C)nc1-c1ccc(CN2C(=O)Cc3cnc(-c4cccnc4C(C)C)nc32)cc1. The molecule has 0 bridgehead atoms. The predicted molar refractivity (Wildman–Crippen MR) is 128 cm³/mol. The fourth-order valence-corrected chi connectivity index (χ4v) is 4.34. The van der Waals surface area contributed by atoms with Crippen molar-refractivity contribution in [1.29, 1.82) is 0 Å². The molecule has 7 nitrogen and oxygen atoms in total. The van der Waals surface area contributed by atoms with Crippen LogP contribution in [0.3, 0.4) is 0 Å². The number of anilines is 1. The van der Waals surface area contributed by atoms with Crippen LogP contribution < -0.4 is 4.90 Å². The summed E-state index contributed by atoms with van der Waals surface area (Å²) in [4.78, 5) is 28.5. The zero-order valence-electron chi connectivity index (χ0n) is 19.3. The lowest BCUT2D eigenvalue weighted by atomic mass is 10.0. The molecule has 0 saturated heterocycles. The van der Waals surface area contributed by atoms with E-state index in [1.54, 1.807) is 17.3 Å². The van der Waals surface area contributed by atoms with Crippen molar-refractivity contribution in [3.8, 4) is 22.6 Å². The molecule has 0 unspecified atom stereocenters. The molecule has 0 atom stereocenters. The van der Waals surface area contributed by atoms with Gasteiger partial charge in [0.15, 0.2) is 5.82 Å². The van der Waals surface area contributed by atoms with Gasteiger partial charge < -0.3 is 0 Å². The summed E-state index contributed by atoms with van der Waals surface area (Å²) in [5.41, 5.74) is 6.93. The van der Waals surface area contributed by atoms with Crippen molar-refractivity contribution in [2.45, 2.75) is 39.7 Å². The van der Waals surface area contributed by atoms with Crippen LogP contribution in [0.5, 0.6) is 0 Å². The van der Waals surface area contributed by atoms with Gasteiger partial charge in [-0.25, -0.2) is 9.97 Å². The Hall–Kier alpha value is -3.87. The highest BCUT2D eigenvalue weighted by Crippen LogP contribution is 2.32. The third-order valence-electron chi connectivity index (χ3n) is 5.95. The molecule has 0 saturated carbocycles. The number of carbonyl (C=O) groups is 1. The van der Waals surface area contributed by atoms with Gasteiger partial charge in [0, 0.05) is 42.3 Å². The Bertz CT molecular complexity index is 1340. The number of rotatable bonds is 5. The van der Waals surface area contributed by atoms with Gasteiger partial charge in [0.25, 0.3) is 0 Å². The van der Waals surface area contributed by atoms with Crippen molar-refractivity contribution in [3.05, 3.63) is 77.4 Å². The summed E-state index contributed by atoms with van der Waals surface area (Å²) in [6.45, 7) is 6.73. The lowest BCUT2D eigenvalue weighted by molar-refractivity contribution is -0.117. The maximum Gasteiger partial charge on any atom is 0.233 e. The summed E-state index contributed by atoms with van der Waals surface area (Å²) in [7, 11) is 1.92. The molecule has 7 heteroatoms. The van der Waals surface area contributed by atoms with E-state index in [-0.39, 0.29) is 11.8 Å².